The minimum Gasteiger partial charge on any atom is -0.480 e. The van der Waals surface area contributed by atoms with Gasteiger partial charge < -0.3 is 10.8 Å². The highest BCUT2D eigenvalue weighted by molar-refractivity contribution is 5.85. The Morgan fingerprint density at radius 1 is 1.69 bits per heavy atom. The fraction of sp³-hybridized carbons (Fsp3) is 0.286. The summed E-state index contributed by atoms with van der Waals surface area (Å²) in [6, 6.07) is 2.48. The van der Waals surface area contributed by atoms with Gasteiger partial charge in [0.1, 0.15) is 6.04 Å². The maximum atomic E-state index is 10.3. The van der Waals surface area contributed by atoms with E-state index in [1.54, 1.807) is 12.1 Å². The van der Waals surface area contributed by atoms with Crippen LogP contribution < -0.4 is 5.73 Å². The van der Waals surface area contributed by atoms with Crippen LogP contribution in [0.25, 0.3) is 0 Å². The van der Waals surface area contributed by atoms with Crippen LogP contribution in [0.2, 0.25) is 0 Å². The first-order valence-corrected chi connectivity index (χ1v) is 3.45. The molecular weight excluding hydrogens is 194 g/mol. The SMILES string of the molecule is Cl.NC(Cc1cccnn1)C(=O)O. The number of nitrogens with two attached hydrogens (primary N) is 1. The molecule has 0 aromatic carbocycles. The number of aliphatic carboxylic acids is 1. The summed E-state index contributed by atoms with van der Waals surface area (Å²) in [6.45, 7) is 0. The minimum atomic E-state index is -1.03. The smallest absolute Gasteiger partial charge is 0.320 e. The van der Waals surface area contributed by atoms with Crippen molar-refractivity contribution in [3.05, 3.63) is 24.0 Å². The maximum Gasteiger partial charge on any atom is 0.320 e. The second kappa shape index (κ2) is 5.45. The van der Waals surface area contributed by atoms with Crippen LogP contribution in [0.4, 0.5) is 0 Å². The van der Waals surface area contributed by atoms with Gasteiger partial charge in [0, 0.05) is 12.6 Å². The molecule has 0 radical (unpaired) electrons. The summed E-state index contributed by atoms with van der Waals surface area (Å²) in [5, 5.41) is 15.8. The summed E-state index contributed by atoms with van der Waals surface area (Å²) >= 11 is 0. The summed E-state index contributed by atoms with van der Waals surface area (Å²) in [5.41, 5.74) is 5.87. The molecule has 13 heavy (non-hydrogen) atoms. The van der Waals surface area contributed by atoms with Gasteiger partial charge in [0.25, 0.3) is 0 Å². The normalized spacial score (nSPS) is 11.5. The van der Waals surface area contributed by atoms with E-state index in [4.69, 9.17) is 10.8 Å². The van der Waals surface area contributed by atoms with E-state index >= 15 is 0 Å². The van der Waals surface area contributed by atoms with Crippen LogP contribution in [0.5, 0.6) is 0 Å². The average molecular weight is 204 g/mol. The molecular formula is C7H10ClN3O2. The molecule has 5 nitrogen and oxygen atoms in total. The lowest BCUT2D eigenvalue weighted by Gasteiger charge is -2.03. The van der Waals surface area contributed by atoms with Crippen molar-refractivity contribution in [2.45, 2.75) is 12.5 Å². The Morgan fingerprint density at radius 2 is 2.38 bits per heavy atom. The lowest BCUT2D eigenvalue weighted by Crippen LogP contribution is -2.32. The number of aromatic nitrogens is 2. The molecule has 0 saturated carbocycles. The molecule has 0 aliphatic heterocycles. The van der Waals surface area contributed by atoms with Gasteiger partial charge in [-0.2, -0.15) is 10.2 Å². The molecule has 1 aromatic rings. The highest BCUT2D eigenvalue weighted by Gasteiger charge is 2.12. The molecule has 1 heterocycles. The highest BCUT2D eigenvalue weighted by atomic mass is 35.5. The van der Waals surface area contributed by atoms with Crippen LogP contribution in [0.15, 0.2) is 18.3 Å². The zero-order chi connectivity index (χ0) is 8.97. The molecule has 1 atom stereocenters. The van der Waals surface area contributed by atoms with Gasteiger partial charge in [0.05, 0.1) is 5.69 Å². The number of carboxylic acids is 1. The second-order valence-electron chi connectivity index (χ2n) is 2.36. The number of hydrogen-bond acceptors (Lipinski definition) is 4. The number of carbonyl (C=O) groups is 1. The quantitative estimate of drug-likeness (QED) is 0.714. The van der Waals surface area contributed by atoms with Crippen LogP contribution in [0, 0.1) is 0 Å². The standard InChI is InChI=1S/C7H9N3O2.ClH/c8-6(7(11)12)4-5-2-1-3-9-10-5;/h1-3,6H,4,8H2,(H,11,12);1H. The highest BCUT2D eigenvalue weighted by Crippen LogP contribution is 1.95. The predicted octanol–water partition coefficient (Wildman–Crippen LogP) is -0.147. The molecule has 6 heteroatoms. The Labute approximate surface area is 81.4 Å². The Kier molecular flexibility index (Phi) is 4.94. The second-order valence-corrected chi connectivity index (χ2v) is 2.36. The summed E-state index contributed by atoms with van der Waals surface area (Å²) < 4.78 is 0. The van der Waals surface area contributed by atoms with E-state index in [-0.39, 0.29) is 18.8 Å². The third-order valence-corrected chi connectivity index (χ3v) is 1.37. The van der Waals surface area contributed by atoms with Crippen LogP contribution in [-0.2, 0) is 11.2 Å². The average Bonchev–Trinajstić information content (AvgIpc) is 2.06. The van der Waals surface area contributed by atoms with E-state index in [9.17, 15) is 4.79 Å². The third kappa shape index (κ3) is 3.82. The first-order valence-electron chi connectivity index (χ1n) is 3.45. The minimum absolute atomic E-state index is 0. The van der Waals surface area contributed by atoms with Crippen LogP contribution in [0.3, 0.4) is 0 Å². The van der Waals surface area contributed by atoms with Gasteiger partial charge in [-0.15, -0.1) is 12.4 Å². The first kappa shape index (κ1) is 11.8. The number of hydrogen-bond donors (Lipinski definition) is 2. The Bertz CT molecular complexity index is 268. The van der Waals surface area contributed by atoms with E-state index in [0.717, 1.165) is 0 Å². The van der Waals surface area contributed by atoms with Gasteiger partial charge in [-0.3, -0.25) is 4.79 Å². The van der Waals surface area contributed by atoms with Gasteiger partial charge in [-0.05, 0) is 12.1 Å². The lowest BCUT2D eigenvalue weighted by atomic mass is 10.2. The fourth-order valence-electron chi connectivity index (χ4n) is 0.755. The van der Waals surface area contributed by atoms with E-state index in [1.807, 2.05) is 0 Å². The number of rotatable bonds is 3. The van der Waals surface area contributed by atoms with Crippen LogP contribution in [0.1, 0.15) is 5.69 Å². The number of nitrogens with zero attached hydrogens (tertiary/aromatic N) is 2. The molecule has 0 spiro atoms. The molecule has 3 N–H and O–H groups in total. The zero-order valence-electron chi connectivity index (χ0n) is 6.75. The summed E-state index contributed by atoms with van der Waals surface area (Å²) in [5.74, 6) is -1.03. The Balaban J connectivity index is 0.00000144. The first-order chi connectivity index (χ1) is 5.70. The topological polar surface area (TPSA) is 89.1 Å². The largest absolute Gasteiger partial charge is 0.480 e. The molecule has 0 aliphatic carbocycles. The van der Waals surface area contributed by atoms with Crippen molar-refractivity contribution in [1.29, 1.82) is 0 Å². The van der Waals surface area contributed by atoms with Crippen molar-refractivity contribution < 1.29 is 9.90 Å². The summed E-state index contributed by atoms with van der Waals surface area (Å²) in [7, 11) is 0. The van der Waals surface area contributed by atoms with Crippen LogP contribution in [-0.4, -0.2) is 27.3 Å². The summed E-state index contributed by atoms with van der Waals surface area (Å²) in [4.78, 5) is 10.3. The molecule has 0 saturated heterocycles. The predicted molar refractivity (Wildman–Crippen MR) is 48.6 cm³/mol. The van der Waals surface area contributed by atoms with Crippen molar-refractivity contribution >= 4 is 18.4 Å². The zero-order valence-corrected chi connectivity index (χ0v) is 7.57. The van der Waals surface area contributed by atoms with E-state index in [0.29, 0.717) is 5.69 Å². The maximum absolute atomic E-state index is 10.3. The van der Waals surface area contributed by atoms with Gasteiger partial charge >= 0.3 is 5.97 Å². The van der Waals surface area contributed by atoms with Crippen molar-refractivity contribution in [3.8, 4) is 0 Å². The molecule has 0 aliphatic rings. The molecule has 1 rings (SSSR count). The van der Waals surface area contributed by atoms with Gasteiger partial charge in [-0.1, -0.05) is 0 Å². The van der Waals surface area contributed by atoms with Crippen molar-refractivity contribution in [2.24, 2.45) is 5.73 Å². The number of carboxylic acid groups (broad SMARTS) is 1. The molecule has 1 unspecified atom stereocenters. The lowest BCUT2D eigenvalue weighted by molar-refractivity contribution is -0.138. The third-order valence-electron chi connectivity index (χ3n) is 1.37. The molecule has 0 fully saturated rings. The molecule has 1 aromatic heterocycles. The van der Waals surface area contributed by atoms with Crippen molar-refractivity contribution in [3.63, 3.8) is 0 Å². The fourth-order valence-corrected chi connectivity index (χ4v) is 0.755. The Hall–Kier alpha value is -1.20. The molecule has 0 amide bonds. The van der Waals surface area contributed by atoms with Gasteiger partial charge in [0.15, 0.2) is 0 Å². The van der Waals surface area contributed by atoms with E-state index in [2.05, 4.69) is 10.2 Å². The van der Waals surface area contributed by atoms with E-state index < -0.39 is 12.0 Å². The number of halogens is 1. The van der Waals surface area contributed by atoms with Crippen molar-refractivity contribution in [2.75, 3.05) is 0 Å². The van der Waals surface area contributed by atoms with E-state index in [1.165, 1.54) is 6.20 Å². The van der Waals surface area contributed by atoms with Gasteiger partial charge in [-0.25, -0.2) is 0 Å². The molecule has 0 bridgehead atoms. The van der Waals surface area contributed by atoms with Gasteiger partial charge in [0.2, 0.25) is 0 Å². The van der Waals surface area contributed by atoms with Crippen LogP contribution >= 0.6 is 12.4 Å². The molecule has 72 valence electrons. The summed E-state index contributed by atoms with van der Waals surface area (Å²) in [6.07, 6.45) is 1.74. The monoisotopic (exact) mass is 203 g/mol. The van der Waals surface area contributed by atoms with Crippen molar-refractivity contribution in [1.82, 2.24) is 10.2 Å². The Morgan fingerprint density at radius 3 is 2.85 bits per heavy atom.